The number of carbonyl (C=O) groups is 1. The second kappa shape index (κ2) is 9.77. The number of nitrogens with zero attached hydrogens (tertiary/aromatic N) is 4. The molecule has 0 radical (unpaired) electrons. The number of hydrogen-bond donors (Lipinski definition) is 1. The summed E-state index contributed by atoms with van der Waals surface area (Å²) in [5.74, 6) is 2.54. The van der Waals surface area contributed by atoms with E-state index < -0.39 is 0 Å². The van der Waals surface area contributed by atoms with Crippen molar-refractivity contribution in [3.05, 3.63) is 77.4 Å². The number of amides is 2. The quantitative estimate of drug-likeness (QED) is 0.611. The van der Waals surface area contributed by atoms with Crippen LogP contribution in [0.2, 0.25) is 0 Å². The summed E-state index contributed by atoms with van der Waals surface area (Å²) in [7, 11) is 3.58. The highest BCUT2D eigenvalue weighted by atomic mass is 16.5. The van der Waals surface area contributed by atoms with Crippen molar-refractivity contribution >= 4 is 6.03 Å². The Labute approximate surface area is 200 Å². The number of ether oxygens (including phenoxy) is 2. The van der Waals surface area contributed by atoms with Gasteiger partial charge in [-0.3, -0.25) is 4.90 Å². The van der Waals surface area contributed by atoms with Crippen LogP contribution in [0.3, 0.4) is 0 Å². The number of benzene rings is 2. The average molecular weight is 462 g/mol. The summed E-state index contributed by atoms with van der Waals surface area (Å²) in [5, 5.41) is 3.21. The number of carbonyl (C=O) groups excluding carboxylic acids is 1. The van der Waals surface area contributed by atoms with Gasteiger partial charge in [0.15, 0.2) is 0 Å². The molecule has 2 aromatic carbocycles. The van der Waals surface area contributed by atoms with Crippen molar-refractivity contribution in [1.82, 2.24) is 24.7 Å². The first-order valence-corrected chi connectivity index (χ1v) is 11.7. The first kappa shape index (κ1) is 22.3. The highest BCUT2D eigenvalue weighted by Gasteiger charge is 2.26. The number of aromatic nitrogens is 2. The third kappa shape index (κ3) is 4.72. The molecule has 8 heteroatoms. The van der Waals surface area contributed by atoms with Crippen molar-refractivity contribution in [3.63, 3.8) is 0 Å². The van der Waals surface area contributed by atoms with Gasteiger partial charge in [-0.15, -0.1) is 0 Å². The van der Waals surface area contributed by atoms with E-state index in [1.165, 1.54) is 11.1 Å². The minimum absolute atomic E-state index is 0.0786. The smallest absolute Gasteiger partial charge is 0.318 e. The Kier molecular flexibility index (Phi) is 6.40. The summed E-state index contributed by atoms with van der Waals surface area (Å²) < 4.78 is 12.9. The third-order valence-electron chi connectivity index (χ3n) is 6.63. The lowest BCUT2D eigenvalue weighted by atomic mass is 10.1. The van der Waals surface area contributed by atoms with Crippen LogP contribution in [-0.4, -0.2) is 65.3 Å². The van der Waals surface area contributed by atoms with E-state index in [9.17, 15) is 4.79 Å². The molecule has 3 aromatic rings. The van der Waals surface area contributed by atoms with Gasteiger partial charge in [0.05, 0.1) is 13.7 Å². The molecule has 2 aliphatic rings. The first-order valence-electron chi connectivity index (χ1n) is 11.7. The zero-order valence-corrected chi connectivity index (χ0v) is 19.7. The van der Waals surface area contributed by atoms with E-state index in [4.69, 9.17) is 9.47 Å². The van der Waals surface area contributed by atoms with Crippen LogP contribution in [0, 0.1) is 0 Å². The summed E-state index contributed by atoms with van der Waals surface area (Å²) in [6.07, 6.45) is 4.62. The zero-order chi connectivity index (χ0) is 23.5. The number of imidazole rings is 1. The van der Waals surface area contributed by atoms with E-state index in [1.807, 2.05) is 47.0 Å². The Bertz CT molecular complexity index is 1150. The first-order chi connectivity index (χ1) is 16.6. The molecule has 1 N–H and O–H groups in total. The molecule has 0 spiro atoms. The highest BCUT2D eigenvalue weighted by molar-refractivity contribution is 5.75. The van der Waals surface area contributed by atoms with E-state index in [1.54, 1.807) is 13.3 Å². The summed E-state index contributed by atoms with van der Waals surface area (Å²) in [5.41, 5.74) is 3.53. The maximum atomic E-state index is 13.2. The summed E-state index contributed by atoms with van der Waals surface area (Å²) >= 11 is 0. The van der Waals surface area contributed by atoms with Gasteiger partial charge in [0.2, 0.25) is 0 Å². The van der Waals surface area contributed by atoms with Crippen molar-refractivity contribution < 1.29 is 14.3 Å². The number of piperazine rings is 1. The predicted molar refractivity (Wildman–Crippen MR) is 129 cm³/mol. The summed E-state index contributed by atoms with van der Waals surface area (Å²) in [4.78, 5) is 22.0. The number of fused-ring (bicyclic) bond motifs is 1. The second-order valence-corrected chi connectivity index (χ2v) is 8.86. The topological polar surface area (TPSA) is 71.9 Å². The summed E-state index contributed by atoms with van der Waals surface area (Å²) in [6, 6.07) is 13.8. The fourth-order valence-electron chi connectivity index (χ4n) is 4.69. The molecule has 1 unspecified atom stereocenters. The van der Waals surface area contributed by atoms with Crippen LogP contribution in [0.15, 0.2) is 54.9 Å². The van der Waals surface area contributed by atoms with Gasteiger partial charge < -0.3 is 24.3 Å². The van der Waals surface area contributed by atoms with Crippen LogP contribution in [0.1, 0.15) is 28.6 Å². The van der Waals surface area contributed by atoms with Crippen molar-refractivity contribution in [1.29, 1.82) is 0 Å². The fraction of sp³-hybridized carbons (Fsp3) is 0.385. The van der Waals surface area contributed by atoms with E-state index in [-0.39, 0.29) is 12.1 Å². The van der Waals surface area contributed by atoms with Crippen LogP contribution >= 0.6 is 0 Å². The Hall–Kier alpha value is -3.52. The molecule has 0 bridgehead atoms. The zero-order valence-electron chi connectivity index (χ0n) is 19.7. The SMILES string of the molecule is COc1cccc(C(NC(=O)N2CCN(Cc3ccc4c(c3)CCO4)CC2)c2nccn2C)c1. The number of methoxy groups -OCH3 is 1. The molecular formula is C26H31N5O3. The average Bonchev–Trinajstić information content (AvgIpc) is 3.51. The van der Waals surface area contributed by atoms with E-state index in [0.717, 1.165) is 55.5 Å². The molecule has 2 amide bonds. The largest absolute Gasteiger partial charge is 0.497 e. The van der Waals surface area contributed by atoms with Crippen molar-refractivity contribution in [2.24, 2.45) is 7.05 Å². The molecule has 1 aromatic heterocycles. The van der Waals surface area contributed by atoms with Gasteiger partial charge in [0.1, 0.15) is 23.4 Å². The number of aryl methyl sites for hydroxylation is 1. The van der Waals surface area contributed by atoms with Gasteiger partial charge in [-0.1, -0.05) is 24.3 Å². The molecular weight excluding hydrogens is 430 g/mol. The lowest BCUT2D eigenvalue weighted by molar-refractivity contribution is 0.134. The molecule has 1 saturated heterocycles. The van der Waals surface area contributed by atoms with Crippen molar-refractivity contribution in [2.75, 3.05) is 39.9 Å². The van der Waals surface area contributed by atoms with Gasteiger partial charge >= 0.3 is 6.03 Å². The van der Waals surface area contributed by atoms with Crippen molar-refractivity contribution in [3.8, 4) is 11.5 Å². The van der Waals surface area contributed by atoms with Crippen LogP contribution < -0.4 is 14.8 Å². The van der Waals surface area contributed by atoms with Gasteiger partial charge in [-0.25, -0.2) is 9.78 Å². The molecule has 1 atom stereocenters. The van der Waals surface area contributed by atoms with Crippen molar-refractivity contribution in [2.45, 2.75) is 19.0 Å². The molecule has 2 aliphatic heterocycles. The number of rotatable bonds is 6. The van der Waals surface area contributed by atoms with Gasteiger partial charge in [-0.2, -0.15) is 0 Å². The monoisotopic (exact) mass is 461 g/mol. The minimum atomic E-state index is -0.366. The van der Waals surface area contributed by atoms with E-state index >= 15 is 0 Å². The van der Waals surface area contributed by atoms with Gasteiger partial charge in [0, 0.05) is 58.6 Å². The van der Waals surface area contributed by atoms with Crippen LogP contribution in [0.5, 0.6) is 11.5 Å². The number of nitrogens with one attached hydrogen (secondary N) is 1. The Morgan fingerprint density at radius 3 is 2.79 bits per heavy atom. The molecule has 8 nitrogen and oxygen atoms in total. The molecule has 3 heterocycles. The molecule has 178 valence electrons. The number of urea groups is 1. The second-order valence-electron chi connectivity index (χ2n) is 8.86. The molecule has 0 aliphatic carbocycles. The lowest BCUT2D eigenvalue weighted by Gasteiger charge is -2.35. The van der Waals surface area contributed by atoms with Crippen LogP contribution in [0.4, 0.5) is 4.79 Å². The van der Waals surface area contributed by atoms with Crippen LogP contribution in [0.25, 0.3) is 0 Å². The van der Waals surface area contributed by atoms with E-state index in [2.05, 4.69) is 33.4 Å². The fourth-order valence-corrected chi connectivity index (χ4v) is 4.69. The Balaban J connectivity index is 1.23. The van der Waals surface area contributed by atoms with Crippen LogP contribution in [-0.2, 0) is 20.0 Å². The summed E-state index contributed by atoms with van der Waals surface area (Å²) in [6.45, 7) is 4.72. The molecule has 0 saturated carbocycles. The van der Waals surface area contributed by atoms with Gasteiger partial charge in [-0.05, 0) is 34.9 Å². The lowest BCUT2D eigenvalue weighted by Crippen LogP contribution is -2.52. The third-order valence-corrected chi connectivity index (χ3v) is 6.63. The maximum absolute atomic E-state index is 13.2. The van der Waals surface area contributed by atoms with E-state index in [0.29, 0.717) is 13.1 Å². The molecule has 5 rings (SSSR count). The predicted octanol–water partition coefficient (Wildman–Crippen LogP) is 2.98. The Morgan fingerprint density at radius 1 is 1.18 bits per heavy atom. The maximum Gasteiger partial charge on any atom is 0.318 e. The highest BCUT2D eigenvalue weighted by Crippen LogP contribution is 2.27. The minimum Gasteiger partial charge on any atom is -0.497 e. The van der Waals surface area contributed by atoms with Gasteiger partial charge in [0.25, 0.3) is 0 Å². The number of hydrogen-bond acceptors (Lipinski definition) is 5. The molecule has 1 fully saturated rings. The molecule has 34 heavy (non-hydrogen) atoms. The standard InChI is InChI=1S/C26H31N5O3/c1-29-10-9-27-25(29)24(21-4-3-5-22(17-21)33-2)28-26(32)31-13-11-30(12-14-31)18-19-6-7-23-20(16-19)8-15-34-23/h3-7,9-10,16-17,24H,8,11-15,18H2,1-2H3,(H,28,32). The Morgan fingerprint density at radius 2 is 2.03 bits per heavy atom. The normalized spacial score (nSPS) is 16.6.